The van der Waals surface area contributed by atoms with E-state index in [1.165, 1.54) is 0 Å². The second-order valence-electron chi connectivity index (χ2n) is 6.06. The number of H-pyrrole nitrogens is 2. The number of halogens is 2. The summed E-state index contributed by atoms with van der Waals surface area (Å²) in [6, 6.07) is 12.3. The Labute approximate surface area is 178 Å². The zero-order chi connectivity index (χ0) is 18.5. The maximum absolute atomic E-state index is 8.22. The Kier molecular flexibility index (Phi) is 3.70. The summed E-state index contributed by atoms with van der Waals surface area (Å²) in [5, 5.41) is 0. The van der Waals surface area contributed by atoms with Crippen molar-refractivity contribution in [2.24, 2.45) is 0 Å². The second kappa shape index (κ2) is 6.34. The highest BCUT2D eigenvalue weighted by Crippen LogP contribution is 2.28. The molecule has 6 heteroatoms. The van der Waals surface area contributed by atoms with Crippen LogP contribution in [0.3, 0.4) is 0 Å². The van der Waals surface area contributed by atoms with E-state index in [0.717, 1.165) is 52.0 Å². The maximum Gasteiger partial charge on any atom is 0.0791 e. The van der Waals surface area contributed by atoms with Gasteiger partial charge in [-0.25, -0.2) is 9.97 Å². The van der Waals surface area contributed by atoms with Crippen LogP contribution in [-0.2, 0) is 0 Å². The molecule has 0 atom stereocenters. The van der Waals surface area contributed by atoms with Crippen LogP contribution in [0.2, 0.25) is 0 Å². The van der Waals surface area contributed by atoms with Crippen LogP contribution < -0.4 is 0 Å². The third kappa shape index (κ3) is 3.11. The Balaban J connectivity index is 1.90. The summed E-state index contributed by atoms with van der Waals surface area (Å²) in [4.78, 5) is 16.1. The first kappa shape index (κ1) is 15.2. The smallest absolute Gasteiger partial charge is 0.0791 e. The van der Waals surface area contributed by atoms with Gasteiger partial charge in [-0.3, -0.25) is 0 Å². The van der Waals surface area contributed by atoms with Gasteiger partial charge >= 0.3 is 0 Å². The van der Waals surface area contributed by atoms with Gasteiger partial charge in [0.25, 0.3) is 0 Å². The van der Waals surface area contributed by atoms with Crippen molar-refractivity contribution >= 4 is 89.1 Å². The van der Waals surface area contributed by atoms with E-state index >= 15 is 0 Å². The average Bonchev–Trinajstić information content (AvgIpc) is 3.34. The molecule has 0 radical (unpaired) electrons. The van der Waals surface area contributed by atoms with Crippen LogP contribution in [0.4, 0.5) is 0 Å². The minimum absolute atomic E-state index is 0.440. The molecule has 2 aliphatic heterocycles. The van der Waals surface area contributed by atoms with Gasteiger partial charge in [-0.1, -0.05) is 0 Å². The van der Waals surface area contributed by atoms with Crippen LogP contribution >= 0.6 is 45.2 Å². The Morgan fingerprint density at radius 3 is 2.46 bits per heavy atom. The van der Waals surface area contributed by atoms with Crippen LogP contribution in [0.15, 0.2) is 42.4 Å². The van der Waals surface area contributed by atoms with E-state index in [1.807, 2.05) is 36.4 Å². The molecule has 5 rings (SSSR count). The third-order valence-corrected chi connectivity index (χ3v) is 5.87. The highest BCUT2D eigenvalue weighted by atomic mass is 127. The number of fused-ring (bicyclic) bond motifs is 8. The van der Waals surface area contributed by atoms with Crippen LogP contribution in [0, 0.1) is 3.57 Å². The molecule has 0 aromatic carbocycles. The average molecular weight is 563 g/mol. The van der Waals surface area contributed by atoms with E-state index in [9.17, 15) is 0 Å². The fraction of sp³-hybridized carbons (Fsp3) is 0. The third-order valence-electron chi connectivity index (χ3n) is 4.11. The number of rotatable bonds is 0. The molecule has 126 valence electrons. The topological polar surface area (TPSA) is 57.4 Å². The van der Waals surface area contributed by atoms with Crippen molar-refractivity contribution in [3.05, 3.63) is 68.8 Å². The van der Waals surface area contributed by atoms with Gasteiger partial charge in [-0.05, 0) is 106 Å². The molecule has 2 N–H and O–H groups in total. The van der Waals surface area contributed by atoms with Crippen molar-refractivity contribution < 1.29 is 1.37 Å². The van der Waals surface area contributed by atoms with Crippen molar-refractivity contribution in [2.45, 2.75) is 0 Å². The molecule has 3 aromatic heterocycles. The molecule has 2 aliphatic rings. The van der Waals surface area contributed by atoms with E-state index < -0.39 is 0 Å². The normalized spacial score (nSPS) is 13.6. The molecule has 4 nitrogen and oxygen atoms in total. The van der Waals surface area contributed by atoms with Gasteiger partial charge in [-0.15, -0.1) is 0 Å². The highest BCUT2D eigenvalue weighted by molar-refractivity contribution is 14.1. The molecule has 8 bridgehead atoms. The first-order chi connectivity index (χ1) is 13.0. The van der Waals surface area contributed by atoms with Crippen molar-refractivity contribution in [3.63, 3.8) is 0 Å². The number of hydrogen-bond acceptors (Lipinski definition) is 2. The minimum Gasteiger partial charge on any atom is -0.355 e. The minimum atomic E-state index is 0.440. The molecule has 0 fully saturated rings. The van der Waals surface area contributed by atoms with Crippen LogP contribution in [0.5, 0.6) is 0 Å². The Morgan fingerprint density at radius 1 is 0.808 bits per heavy atom. The molecule has 0 spiro atoms. The zero-order valence-electron chi connectivity index (χ0n) is 14.3. The van der Waals surface area contributed by atoms with Crippen LogP contribution in [-0.4, -0.2) is 19.9 Å². The summed E-state index contributed by atoms with van der Waals surface area (Å²) < 4.78 is 10.4. The number of nitrogens with one attached hydrogen (secondary N) is 2. The molecule has 0 saturated carbocycles. The van der Waals surface area contributed by atoms with Crippen LogP contribution in [0.25, 0.3) is 43.9 Å². The monoisotopic (exact) mass is 563 g/mol. The molecule has 0 saturated heterocycles. The van der Waals surface area contributed by atoms with Crippen molar-refractivity contribution in [3.8, 4) is 0 Å². The lowest BCUT2D eigenvalue weighted by molar-refractivity contribution is 1.31. The number of hydrogen-bond donors (Lipinski definition) is 2. The summed E-state index contributed by atoms with van der Waals surface area (Å²) in [5.41, 5.74) is 7.13. The van der Waals surface area contributed by atoms with Crippen LogP contribution in [0.1, 0.15) is 24.1 Å². The molecular weight excluding hydrogens is 550 g/mol. The molecule has 0 unspecified atom stereocenters. The summed E-state index contributed by atoms with van der Waals surface area (Å²) in [5.74, 6) is 0. The number of aromatic amines is 2. The maximum atomic E-state index is 8.22. The van der Waals surface area contributed by atoms with Crippen molar-refractivity contribution in [2.75, 3.05) is 0 Å². The molecule has 0 amide bonds. The number of nitrogens with zero attached hydrogens (tertiary/aromatic N) is 2. The van der Waals surface area contributed by atoms with E-state index in [2.05, 4.69) is 78.3 Å². The van der Waals surface area contributed by atoms with E-state index in [-0.39, 0.29) is 0 Å². The first-order valence-electron chi connectivity index (χ1n) is 8.47. The second-order valence-corrected chi connectivity index (χ2v) is 8.38. The standard InChI is InChI=1S/C20H12I2N4/c21-17-7-15-6-13-2-1-11(23-13)5-12-3-4-14(24-12)9-19-18(22)8-16(26-19)10-20(17)25-15/h1-10,24-25H/i3D. The fourth-order valence-electron chi connectivity index (χ4n) is 2.95. The first-order valence-corrected chi connectivity index (χ1v) is 10.1. The predicted molar refractivity (Wildman–Crippen MR) is 125 cm³/mol. The predicted octanol–water partition coefficient (Wildman–Crippen LogP) is 6.02. The fourth-order valence-corrected chi connectivity index (χ4v) is 4.17. The lowest BCUT2D eigenvalue weighted by Gasteiger charge is -1.87. The van der Waals surface area contributed by atoms with Gasteiger partial charge in [0.1, 0.15) is 0 Å². The van der Waals surface area contributed by atoms with Gasteiger partial charge < -0.3 is 9.97 Å². The van der Waals surface area contributed by atoms with Crippen molar-refractivity contribution in [1.29, 1.82) is 0 Å². The van der Waals surface area contributed by atoms with Gasteiger partial charge in [0, 0.05) is 23.7 Å². The van der Waals surface area contributed by atoms with Gasteiger partial charge in [0.05, 0.1) is 29.7 Å². The number of aromatic nitrogens is 4. The van der Waals surface area contributed by atoms with Gasteiger partial charge in [-0.2, -0.15) is 0 Å². The lowest BCUT2D eigenvalue weighted by atomic mass is 10.3. The van der Waals surface area contributed by atoms with E-state index in [1.54, 1.807) is 0 Å². The molecule has 3 aromatic rings. The van der Waals surface area contributed by atoms with Gasteiger partial charge in [0.2, 0.25) is 0 Å². The molecular formula is C20H12I2N4. The lowest BCUT2D eigenvalue weighted by Crippen LogP contribution is -1.76. The SMILES string of the molecule is [2H]c1cc2cc3nc(cc4[nH]c(cc5nc(cc1[nH]2)C=C5)cc4I)C=C3I. The largest absolute Gasteiger partial charge is 0.355 e. The summed E-state index contributed by atoms with van der Waals surface area (Å²) in [6.07, 6.45) is 6.00. The Morgan fingerprint density at radius 2 is 1.62 bits per heavy atom. The molecule has 26 heavy (non-hydrogen) atoms. The van der Waals surface area contributed by atoms with E-state index in [4.69, 9.17) is 6.35 Å². The zero-order valence-corrected chi connectivity index (χ0v) is 17.7. The summed E-state index contributed by atoms with van der Waals surface area (Å²) in [6.45, 7) is 0. The Hall–Kier alpha value is -1.94. The Bertz CT molecular complexity index is 1310. The highest BCUT2D eigenvalue weighted by Gasteiger charge is 2.08. The van der Waals surface area contributed by atoms with Crippen molar-refractivity contribution in [1.82, 2.24) is 19.9 Å². The van der Waals surface area contributed by atoms with Gasteiger partial charge in [0.15, 0.2) is 0 Å². The molecule has 5 heterocycles. The van der Waals surface area contributed by atoms with E-state index in [0.29, 0.717) is 6.04 Å². The molecule has 0 aliphatic carbocycles. The summed E-state index contributed by atoms with van der Waals surface area (Å²) in [7, 11) is 0. The quantitative estimate of drug-likeness (QED) is 0.257. The summed E-state index contributed by atoms with van der Waals surface area (Å²) >= 11 is 4.63.